The molecule has 1 rings (SSSR count). The topological polar surface area (TPSA) is 35.5 Å². The zero-order chi connectivity index (χ0) is 8.27. The molecule has 0 bridgehead atoms. The van der Waals surface area contributed by atoms with Gasteiger partial charge in [0.05, 0.1) is 6.26 Å². The lowest BCUT2D eigenvalue weighted by molar-refractivity contribution is -0.152. The molecule has 0 amide bonds. The minimum absolute atomic E-state index is 0.0242. The van der Waals surface area contributed by atoms with Crippen molar-refractivity contribution in [2.24, 2.45) is 0 Å². The predicted molar refractivity (Wildman–Crippen MR) is 39.9 cm³/mol. The van der Waals surface area contributed by atoms with E-state index in [0.717, 1.165) is 6.42 Å². The molecular weight excluding hydrogens is 144 g/mol. The molecule has 0 fully saturated rings. The number of carbonyl (C=O) groups is 1. The van der Waals surface area contributed by atoms with Crippen molar-refractivity contribution in [3.05, 3.63) is 12.3 Å². The van der Waals surface area contributed by atoms with Crippen molar-refractivity contribution in [2.75, 3.05) is 0 Å². The van der Waals surface area contributed by atoms with Crippen molar-refractivity contribution in [3.8, 4) is 0 Å². The van der Waals surface area contributed by atoms with Gasteiger partial charge in [-0.25, -0.2) is 0 Å². The van der Waals surface area contributed by atoms with Gasteiger partial charge in [0, 0.05) is 13.3 Å². The number of carbonyl (C=O) groups excluding carboxylic acids is 1. The van der Waals surface area contributed by atoms with Crippen LogP contribution in [0.15, 0.2) is 12.3 Å². The molecule has 0 unspecified atom stereocenters. The molecular formula is C8H12O3. The van der Waals surface area contributed by atoms with E-state index in [1.807, 2.05) is 13.0 Å². The van der Waals surface area contributed by atoms with Gasteiger partial charge in [0.2, 0.25) is 0 Å². The maximum absolute atomic E-state index is 10.6. The molecule has 3 heteroatoms. The van der Waals surface area contributed by atoms with Gasteiger partial charge in [-0.15, -0.1) is 0 Å². The number of hydrogen-bond donors (Lipinski definition) is 0. The normalized spacial score (nSPS) is 29.3. The number of ether oxygens (including phenoxy) is 2. The van der Waals surface area contributed by atoms with E-state index < -0.39 is 0 Å². The van der Waals surface area contributed by atoms with Crippen LogP contribution in [0.4, 0.5) is 0 Å². The minimum Gasteiger partial charge on any atom is -0.495 e. The fourth-order valence-electron chi connectivity index (χ4n) is 1.01. The fraction of sp³-hybridized carbons (Fsp3) is 0.625. The van der Waals surface area contributed by atoms with Gasteiger partial charge in [0.15, 0.2) is 0 Å². The lowest BCUT2D eigenvalue weighted by Crippen LogP contribution is -2.31. The summed E-state index contributed by atoms with van der Waals surface area (Å²) in [7, 11) is 0. The smallest absolute Gasteiger partial charge is 0.303 e. The number of esters is 1. The molecule has 0 radical (unpaired) electrons. The summed E-state index contributed by atoms with van der Waals surface area (Å²) in [4.78, 5) is 10.6. The van der Waals surface area contributed by atoms with Gasteiger partial charge < -0.3 is 9.47 Å². The summed E-state index contributed by atoms with van der Waals surface area (Å²) in [6.45, 7) is 3.29. The van der Waals surface area contributed by atoms with E-state index in [2.05, 4.69) is 0 Å². The molecule has 0 saturated heterocycles. The molecule has 0 aromatic rings. The lowest BCUT2D eigenvalue weighted by Gasteiger charge is -2.24. The van der Waals surface area contributed by atoms with Gasteiger partial charge in [-0.1, -0.05) is 0 Å². The Labute approximate surface area is 66.0 Å². The summed E-state index contributed by atoms with van der Waals surface area (Å²) in [6, 6.07) is 0. The number of hydrogen-bond acceptors (Lipinski definition) is 3. The highest BCUT2D eigenvalue weighted by atomic mass is 16.6. The summed E-state index contributed by atoms with van der Waals surface area (Å²) in [5.41, 5.74) is 0. The van der Waals surface area contributed by atoms with E-state index in [0.29, 0.717) is 0 Å². The average molecular weight is 156 g/mol. The zero-order valence-electron chi connectivity index (χ0n) is 6.74. The second kappa shape index (κ2) is 3.42. The third kappa shape index (κ3) is 2.26. The van der Waals surface area contributed by atoms with Gasteiger partial charge in [-0.3, -0.25) is 4.79 Å². The first-order valence-electron chi connectivity index (χ1n) is 3.68. The Hall–Kier alpha value is -0.990. The van der Waals surface area contributed by atoms with Crippen molar-refractivity contribution in [2.45, 2.75) is 32.5 Å². The zero-order valence-corrected chi connectivity index (χ0v) is 6.74. The van der Waals surface area contributed by atoms with Crippen LogP contribution in [0.3, 0.4) is 0 Å². The van der Waals surface area contributed by atoms with Gasteiger partial charge in [0.25, 0.3) is 0 Å². The maximum Gasteiger partial charge on any atom is 0.303 e. The average Bonchev–Trinajstić information content (AvgIpc) is 1.93. The molecule has 1 aliphatic heterocycles. The summed E-state index contributed by atoms with van der Waals surface area (Å²) >= 11 is 0. The molecule has 0 saturated carbocycles. The Morgan fingerprint density at radius 1 is 1.73 bits per heavy atom. The molecule has 0 N–H and O–H groups in total. The highest BCUT2D eigenvalue weighted by Crippen LogP contribution is 2.14. The molecule has 2 atom stereocenters. The second-order valence-corrected chi connectivity index (χ2v) is 2.60. The molecule has 1 aliphatic rings. The molecule has 0 aromatic heterocycles. The Morgan fingerprint density at radius 2 is 2.45 bits per heavy atom. The van der Waals surface area contributed by atoms with Crippen molar-refractivity contribution in [1.29, 1.82) is 0 Å². The van der Waals surface area contributed by atoms with E-state index >= 15 is 0 Å². The van der Waals surface area contributed by atoms with Crippen LogP contribution in [-0.4, -0.2) is 18.2 Å². The minimum atomic E-state index is -0.249. The van der Waals surface area contributed by atoms with Gasteiger partial charge >= 0.3 is 5.97 Å². The molecule has 62 valence electrons. The summed E-state index contributed by atoms with van der Waals surface area (Å²) < 4.78 is 10.1. The van der Waals surface area contributed by atoms with E-state index in [1.54, 1.807) is 6.26 Å². The van der Waals surface area contributed by atoms with E-state index in [1.165, 1.54) is 6.92 Å². The molecule has 11 heavy (non-hydrogen) atoms. The van der Waals surface area contributed by atoms with Crippen LogP contribution in [0.5, 0.6) is 0 Å². The number of rotatable bonds is 1. The fourth-order valence-corrected chi connectivity index (χ4v) is 1.01. The SMILES string of the molecule is CC(=O)O[C@@H]1CC=CO[C@H]1C. The third-order valence-corrected chi connectivity index (χ3v) is 1.60. The Kier molecular flexibility index (Phi) is 2.52. The first kappa shape index (κ1) is 8.11. The third-order valence-electron chi connectivity index (χ3n) is 1.60. The lowest BCUT2D eigenvalue weighted by atomic mass is 10.1. The monoisotopic (exact) mass is 156 g/mol. The largest absolute Gasteiger partial charge is 0.495 e. The molecule has 0 spiro atoms. The van der Waals surface area contributed by atoms with Crippen LogP contribution in [0.2, 0.25) is 0 Å². The van der Waals surface area contributed by atoms with Crippen LogP contribution in [-0.2, 0) is 14.3 Å². The van der Waals surface area contributed by atoms with Crippen molar-refractivity contribution in [1.82, 2.24) is 0 Å². The first-order chi connectivity index (χ1) is 5.20. The highest BCUT2D eigenvalue weighted by Gasteiger charge is 2.21. The standard InChI is InChI=1S/C8H12O3/c1-6-8(11-7(2)9)4-3-5-10-6/h3,5-6,8H,4H2,1-2H3/t6-,8+/m0/s1. The maximum atomic E-state index is 10.6. The Bertz CT molecular complexity index is 174. The van der Waals surface area contributed by atoms with Crippen LogP contribution >= 0.6 is 0 Å². The van der Waals surface area contributed by atoms with Crippen LogP contribution in [0.25, 0.3) is 0 Å². The highest BCUT2D eigenvalue weighted by molar-refractivity contribution is 5.66. The van der Waals surface area contributed by atoms with E-state index in [-0.39, 0.29) is 18.2 Å². The predicted octanol–water partition coefficient (Wildman–Crippen LogP) is 1.24. The summed E-state index contributed by atoms with van der Waals surface area (Å²) in [5.74, 6) is -0.249. The first-order valence-corrected chi connectivity index (χ1v) is 3.68. The Balaban J connectivity index is 2.44. The molecule has 3 nitrogen and oxygen atoms in total. The molecule has 1 heterocycles. The van der Waals surface area contributed by atoms with Crippen LogP contribution in [0, 0.1) is 0 Å². The summed E-state index contributed by atoms with van der Waals surface area (Å²) in [6.07, 6.45) is 4.11. The van der Waals surface area contributed by atoms with E-state index in [4.69, 9.17) is 9.47 Å². The van der Waals surface area contributed by atoms with E-state index in [9.17, 15) is 4.79 Å². The van der Waals surface area contributed by atoms with Gasteiger partial charge in [-0.2, -0.15) is 0 Å². The Morgan fingerprint density at radius 3 is 3.00 bits per heavy atom. The van der Waals surface area contributed by atoms with Crippen LogP contribution in [0.1, 0.15) is 20.3 Å². The second-order valence-electron chi connectivity index (χ2n) is 2.60. The van der Waals surface area contributed by atoms with Crippen molar-refractivity contribution in [3.63, 3.8) is 0 Å². The molecule has 0 aromatic carbocycles. The quantitative estimate of drug-likeness (QED) is 0.536. The van der Waals surface area contributed by atoms with Crippen molar-refractivity contribution < 1.29 is 14.3 Å². The molecule has 0 aliphatic carbocycles. The summed E-state index contributed by atoms with van der Waals surface area (Å²) in [5, 5.41) is 0. The van der Waals surface area contributed by atoms with Crippen molar-refractivity contribution >= 4 is 5.97 Å². The van der Waals surface area contributed by atoms with Gasteiger partial charge in [-0.05, 0) is 13.0 Å². The van der Waals surface area contributed by atoms with Crippen LogP contribution < -0.4 is 0 Å². The van der Waals surface area contributed by atoms with Gasteiger partial charge in [0.1, 0.15) is 12.2 Å².